The topological polar surface area (TPSA) is 72.2 Å². The molecule has 28 heavy (non-hydrogen) atoms. The number of hydrogen-bond donors (Lipinski definition) is 1. The molecule has 1 amide bonds. The largest absolute Gasteiger partial charge is 0.422 e. The second-order valence-electron chi connectivity index (χ2n) is 6.51. The van der Waals surface area contributed by atoms with Gasteiger partial charge in [0.25, 0.3) is 5.91 Å². The Hall–Kier alpha value is -3.25. The fraction of sp³-hybridized carbons (Fsp3) is 0.136. The van der Waals surface area contributed by atoms with Gasteiger partial charge in [-0.1, -0.05) is 42.5 Å². The molecule has 0 spiro atoms. The van der Waals surface area contributed by atoms with E-state index in [4.69, 9.17) is 4.42 Å². The third-order valence-corrected chi connectivity index (χ3v) is 5.75. The molecule has 0 aliphatic heterocycles. The van der Waals surface area contributed by atoms with Crippen LogP contribution < -0.4 is 10.9 Å². The Bertz CT molecular complexity index is 1240. The standard InChI is InChI=1S/C22H18N2O3S/c1-13-7-3-5-9-16(13)21-24-14(2)19(28-21)12-23-20(25)17-11-15-8-4-6-10-18(15)27-22(17)26/h3-11H,12H2,1-2H3,(H,23,25). The van der Waals surface area contributed by atoms with Gasteiger partial charge in [0.05, 0.1) is 12.2 Å². The molecule has 0 unspecified atom stereocenters. The van der Waals surface area contributed by atoms with Gasteiger partial charge >= 0.3 is 5.63 Å². The Morgan fingerprint density at radius 1 is 1.11 bits per heavy atom. The zero-order chi connectivity index (χ0) is 19.7. The van der Waals surface area contributed by atoms with Crippen LogP contribution in [-0.4, -0.2) is 10.9 Å². The second kappa shape index (κ2) is 7.40. The third-order valence-electron chi connectivity index (χ3n) is 4.56. The van der Waals surface area contributed by atoms with Gasteiger partial charge in [-0.2, -0.15) is 0 Å². The number of amides is 1. The number of rotatable bonds is 4. The summed E-state index contributed by atoms with van der Waals surface area (Å²) in [6, 6.07) is 16.7. The van der Waals surface area contributed by atoms with E-state index in [1.807, 2.05) is 44.2 Å². The SMILES string of the molecule is Cc1ccccc1-c1nc(C)c(CNC(=O)c2cc3ccccc3oc2=O)s1. The molecule has 0 bridgehead atoms. The molecule has 2 aromatic heterocycles. The third kappa shape index (κ3) is 3.46. The first-order chi connectivity index (χ1) is 13.5. The highest BCUT2D eigenvalue weighted by Crippen LogP contribution is 2.30. The molecule has 0 fully saturated rings. The fourth-order valence-electron chi connectivity index (χ4n) is 3.00. The maximum Gasteiger partial charge on any atom is 0.349 e. The maximum atomic E-state index is 12.5. The lowest BCUT2D eigenvalue weighted by Gasteiger charge is -2.04. The second-order valence-corrected chi connectivity index (χ2v) is 7.59. The van der Waals surface area contributed by atoms with E-state index in [1.54, 1.807) is 35.6 Å². The number of aromatic nitrogens is 1. The van der Waals surface area contributed by atoms with Gasteiger partial charge in [-0.05, 0) is 31.5 Å². The summed E-state index contributed by atoms with van der Waals surface area (Å²) in [7, 11) is 0. The highest BCUT2D eigenvalue weighted by Gasteiger charge is 2.16. The Labute approximate surface area is 165 Å². The monoisotopic (exact) mass is 390 g/mol. The lowest BCUT2D eigenvalue weighted by molar-refractivity contribution is 0.0947. The summed E-state index contributed by atoms with van der Waals surface area (Å²) in [6.45, 7) is 4.27. The van der Waals surface area contributed by atoms with Gasteiger partial charge in [0.15, 0.2) is 0 Å². The predicted molar refractivity (Wildman–Crippen MR) is 111 cm³/mol. The van der Waals surface area contributed by atoms with Crippen molar-refractivity contribution in [3.63, 3.8) is 0 Å². The van der Waals surface area contributed by atoms with Crippen LogP contribution in [0, 0.1) is 13.8 Å². The molecule has 2 heterocycles. The van der Waals surface area contributed by atoms with Crippen molar-refractivity contribution in [3.05, 3.63) is 86.7 Å². The molecule has 6 heteroatoms. The van der Waals surface area contributed by atoms with Crippen molar-refractivity contribution in [2.24, 2.45) is 0 Å². The Morgan fingerprint density at radius 3 is 2.68 bits per heavy atom. The summed E-state index contributed by atoms with van der Waals surface area (Å²) >= 11 is 1.54. The molecule has 0 saturated carbocycles. The number of benzene rings is 2. The lowest BCUT2D eigenvalue weighted by Crippen LogP contribution is -2.27. The highest BCUT2D eigenvalue weighted by molar-refractivity contribution is 7.15. The van der Waals surface area contributed by atoms with Gasteiger partial charge < -0.3 is 9.73 Å². The van der Waals surface area contributed by atoms with Crippen molar-refractivity contribution in [2.45, 2.75) is 20.4 Å². The van der Waals surface area contributed by atoms with Crippen LogP contribution >= 0.6 is 11.3 Å². The van der Waals surface area contributed by atoms with E-state index in [1.165, 1.54) is 0 Å². The number of thiazole rings is 1. The van der Waals surface area contributed by atoms with Gasteiger partial charge in [-0.25, -0.2) is 9.78 Å². The van der Waals surface area contributed by atoms with Crippen LogP contribution in [0.4, 0.5) is 0 Å². The summed E-state index contributed by atoms with van der Waals surface area (Å²) in [6.07, 6.45) is 0. The normalized spacial score (nSPS) is 10.9. The number of hydrogen-bond acceptors (Lipinski definition) is 5. The summed E-state index contributed by atoms with van der Waals surface area (Å²) in [5.74, 6) is -0.454. The van der Waals surface area contributed by atoms with E-state index < -0.39 is 11.5 Å². The highest BCUT2D eigenvalue weighted by atomic mass is 32.1. The van der Waals surface area contributed by atoms with Crippen LogP contribution in [0.5, 0.6) is 0 Å². The Kier molecular flexibility index (Phi) is 4.79. The molecule has 0 aliphatic carbocycles. The van der Waals surface area contributed by atoms with Gasteiger partial charge in [-0.15, -0.1) is 11.3 Å². The summed E-state index contributed by atoms with van der Waals surface area (Å²) < 4.78 is 5.24. The molecule has 0 saturated heterocycles. The first kappa shape index (κ1) is 18.1. The number of nitrogens with one attached hydrogen (secondary N) is 1. The zero-order valence-corrected chi connectivity index (χ0v) is 16.3. The van der Waals surface area contributed by atoms with Crippen molar-refractivity contribution < 1.29 is 9.21 Å². The summed E-state index contributed by atoms with van der Waals surface area (Å²) in [5, 5.41) is 4.45. The minimum absolute atomic E-state index is 0.00000402. The maximum absolute atomic E-state index is 12.5. The number of carbonyl (C=O) groups is 1. The summed E-state index contributed by atoms with van der Waals surface area (Å²) in [4.78, 5) is 30.3. The Morgan fingerprint density at radius 2 is 1.86 bits per heavy atom. The van der Waals surface area contributed by atoms with E-state index in [0.29, 0.717) is 17.5 Å². The van der Waals surface area contributed by atoms with Crippen LogP contribution in [0.25, 0.3) is 21.5 Å². The molecular formula is C22H18N2O3S. The van der Waals surface area contributed by atoms with Gasteiger partial charge in [-0.3, -0.25) is 4.79 Å². The molecular weight excluding hydrogens is 372 g/mol. The first-order valence-corrected chi connectivity index (χ1v) is 9.68. The van der Waals surface area contributed by atoms with Crippen LogP contribution in [0.1, 0.15) is 26.5 Å². The van der Waals surface area contributed by atoms with Crippen molar-refractivity contribution in [1.82, 2.24) is 10.3 Å². The van der Waals surface area contributed by atoms with Crippen LogP contribution in [0.3, 0.4) is 0 Å². The molecule has 1 N–H and O–H groups in total. The van der Waals surface area contributed by atoms with E-state index in [2.05, 4.69) is 10.3 Å². The molecule has 0 aliphatic rings. The van der Waals surface area contributed by atoms with Gasteiger partial charge in [0.2, 0.25) is 0 Å². The summed E-state index contributed by atoms with van der Waals surface area (Å²) in [5.41, 5.74) is 2.93. The van der Waals surface area contributed by atoms with E-state index in [9.17, 15) is 9.59 Å². The quantitative estimate of drug-likeness (QED) is 0.522. The minimum Gasteiger partial charge on any atom is -0.422 e. The molecule has 4 aromatic rings. The predicted octanol–water partition coefficient (Wildman–Crippen LogP) is 4.46. The number of para-hydroxylation sites is 1. The average Bonchev–Trinajstić information content (AvgIpc) is 3.06. The smallest absolute Gasteiger partial charge is 0.349 e. The van der Waals surface area contributed by atoms with Crippen LogP contribution in [0.15, 0.2) is 63.8 Å². The number of fused-ring (bicyclic) bond motifs is 1. The van der Waals surface area contributed by atoms with Crippen molar-refractivity contribution in [1.29, 1.82) is 0 Å². The zero-order valence-electron chi connectivity index (χ0n) is 15.5. The Balaban J connectivity index is 1.55. The molecule has 140 valence electrons. The van der Waals surface area contributed by atoms with Crippen molar-refractivity contribution in [2.75, 3.05) is 0 Å². The first-order valence-electron chi connectivity index (χ1n) is 8.86. The fourth-order valence-corrected chi connectivity index (χ4v) is 4.09. The van der Waals surface area contributed by atoms with Gasteiger partial charge in [0, 0.05) is 15.8 Å². The van der Waals surface area contributed by atoms with Gasteiger partial charge in [0.1, 0.15) is 16.2 Å². The molecule has 5 nitrogen and oxygen atoms in total. The molecule has 0 atom stereocenters. The van der Waals surface area contributed by atoms with Crippen molar-refractivity contribution >= 4 is 28.2 Å². The number of carbonyl (C=O) groups excluding carboxylic acids is 1. The van der Waals surface area contributed by atoms with Crippen molar-refractivity contribution in [3.8, 4) is 10.6 Å². The lowest BCUT2D eigenvalue weighted by atomic mass is 10.1. The van der Waals surface area contributed by atoms with Crippen LogP contribution in [0.2, 0.25) is 0 Å². The molecule has 2 aromatic carbocycles. The average molecular weight is 390 g/mol. The molecule has 0 radical (unpaired) electrons. The number of aryl methyl sites for hydroxylation is 2. The number of nitrogens with zero attached hydrogens (tertiary/aromatic N) is 1. The van der Waals surface area contributed by atoms with E-state index >= 15 is 0 Å². The molecule has 4 rings (SSSR count). The van der Waals surface area contributed by atoms with E-state index in [0.717, 1.165) is 26.7 Å². The van der Waals surface area contributed by atoms with Crippen LogP contribution in [-0.2, 0) is 6.54 Å². The minimum atomic E-state index is -0.641. The van der Waals surface area contributed by atoms with E-state index in [-0.39, 0.29) is 5.56 Å².